The Labute approximate surface area is 196 Å². The Morgan fingerprint density at radius 3 is 2.44 bits per heavy atom. The van der Waals surface area contributed by atoms with E-state index in [4.69, 9.17) is 4.74 Å². The fraction of sp³-hybridized carbons (Fsp3) is 0.107. The number of ketones is 1. The van der Waals surface area contributed by atoms with Gasteiger partial charge in [0, 0.05) is 23.5 Å². The normalized spacial score (nSPS) is 17.3. The van der Waals surface area contributed by atoms with Crippen molar-refractivity contribution in [2.75, 3.05) is 7.11 Å². The highest BCUT2D eigenvalue weighted by Crippen LogP contribution is 2.41. The maximum absolute atomic E-state index is 13.3. The van der Waals surface area contributed by atoms with Gasteiger partial charge >= 0.3 is 0 Å². The number of aliphatic hydroxyl groups is 1. The molecule has 1 aliphatic rings. The van der Waals surface area contributed by atoms with Crippen LogP contribution in [0.4, 0.5) is 0 Å². The number of rotatable bonds is 5. The number of carbonyl (C=O) groups is 2. The highest BCUT2D eigenvalue weighted by Gasteiger charge is 2.46. The predicted molar refractivity (Wildman–Crippen MR) is 129 cm³/mol. The summed E-state index contributed by atoms with van der Waals surface area (Å²) in [7, 11) is 1.56. The minimum atomic E-state index is -0.771. The van der Waals surface area contributed by atoms with Crippen molar-refractivity contribution in [3.63, 3.8) is 0 Å². The lowest BCUT2D eigenvalue weighted by Crippen LogP contribution is -2.29. The smallest absolute Gasteiger partial charge is 0.295 e. The van der Waals surface area contributed by atoms with Crippen molar-refractivity contribution in [3.05, 3.63) is 114 Å². The number of likely N-dealkylation sites (tertiary alicyclic amines) is 1. The van der Waals surface area contributed by atoms with E-state index >= 15 is 0 Å². The van der Waals surface area contributed by atoms with Crippen LogP contribution in [0, 0.1) is 0 Å². The van der Waals surface area contributed by atoms with Crippen LogP contribution in [0.25, 0.3) is 16.5 Å². The summed E-state index contributed by atoms with van der Waals surface area (Å²) in [5, 5.41) is 13.2. The van der Waals surface area contributed by atoms with Crippen molar-refractivity contribution < 1.29 is 19.4 Å². The van der Waals surface area contributed by atoms with Crippen LogP contribution in [0.3, 0.4) is 0 Å². The van der Waals surface area contributed by atoms with E-state index in [1.807, 2.05) is 60.7 Å². The number of pyridine rings is 1. The van der Waals surface area contributed by atoms with Gasteiger partial charge in [-0.15, -0.1) is 0 Å². The van der Waals surface area contributed by atoms with Gasteiger partial charge in [0.15, 0.2) is 0 Å². The van der Waals surface area contributed by atoms with Gasteiger partial charge < -0.3 is 14.7 Å². The van der Waals surface area contributed by atoms with Crippen LogP contribution < -0.4 is 4.74 Å². The fourth-order valence-corrected chi connectivity index (χ4v) is 4.53. The number of benzene rings is 3. The van der Waals surface area contributed by atoms with Gasteiger partial charge in [0.25, 0.3) is 11.7 Å². The zero-order valence-electron chi connectivity index (χ0n) is 18.5. The zero-order chi connectivity index (χ0) is 23.7. The van der Waals surface area contributed by atoms with E-state index in [9.17, 15) is 14.7 Å². The second-order valence-corrected chi connectivity index (χ2v) is 8.05. The van der Waals surface area contributed by atoms with Crippen LogP contribution in [0.5, 0.6) is 5.75 Å². The molecule has 168 valence electrons. The number of hydrogen-bond acceptors (Lipinski definition) is 5. The molecule has 0 saturated carbocycles. The Morgan fingerprint density at radius 2 is 1.65 bits per heavy atom. The molecule has 1 atom stereocenters. The lowest BCUT2D eigenvalue weighted by molar-refractivity contribution is -0.140. The molecule has 2 heterocycles. The lowest BCUT2D eigenvalue weighted by Gasteiger charge is -2.26. The quantitative estimate of drug-likeness (QED) is 0.267. The predicted octanol–water partition coefficient (Wildman–Crippen LogP) is 4.87. The largest absolute Gasteiger partial charge is 0.507 e. The Kier molecular flexibility index (Phi) is 5.55. The minimum absolute atomic E-state index is 0.0578. The zero-order valence-corrected chi connectivity index (χ0v) is 18.5. The van der Waals surface area contributed by atoms with E-state index in [1.54, 1.807) is 37.7 Å². The Hall–Kier alpha value is -4.45. The monoisotopic (exact) mass is 450 g/mol. The Morgan fingerprint density at radius 1 is 0.941 bits per heavy atom. The molecule has 0 radical (unpaired) electrons. The summed E-state index contributed by atoms with van der Waals surface area (Å²) in [6.45, 7) is 0.147. The number of fused-ring (bicyclic) bond motifs is 1. The van der Waals surface area contributed by atoms with Crippen molar-refractivity contribution >= 4 is 28.2 Å². The first-order valence-electron chi connectivity index (χ1n) is 10.9. The van der Waals surface area contributed by atoms with Crippen molar-refractivity contribution in [3.8, 4) is 5.75 Å². The maximum atomic E-state index is 13.3. The number of carbonyl (C=O) groups excluding carboxylic acids is 2. The van der Waals surface area contributed by atoms with Gasteiger partial charge in [-0.25, -0.2) is 0 Å². The van der Waals surface area contributed by atoms with Gasteiger partial charge in [-0.05, 0) is 34.5 Å². The van der Waals surface area contributed by atoms with Gasteiger partial charge in [0.05, 0.1) is 25.3 Å². The van der Waals surface area contributed by atoms with E-state index in [1.165, 1.54) is 4.90 Å². The first kappa shape index (κ1) is 21.4. The molecule has 1 fully saturated rings. The number of para-hydroxylation sites is 1. The van der Waals surface area contributed by atoms with Crippen LogP contribution in [-0.4, -0.2) is 33.8 Å². The first-order chi connectivity index (χ1) is 16.6. The number of aliphatic hydroxyl groups excluding tert-OH is 1. The van der Waals surface area contributed by atoms with Crippen LogP contribution in [0.2, 0.25) is 0 Å². The highest BCUT2D eigenvalue weighted by atomic mass is 16.5. The van der Waals surface area contributed by atoms with Crippen molar-refractivity contribution in [2.24, 2.45) is 0 Å². The molecule has 1 amide bonds. The standard InChI is InChI=1S/C28H22N2O4/c1-34-23-12-5-3-8-20(23)17-30-25(19-13-15-29-16-14-19)24(27(32)28(30)33)26(31)22-11-6-9-18-7-2-4-10-21(18)22/h2-16,25,31H,17H2,1H3/b26-24-. The summed E-state index contributed by atoms with van der Waals surface area (Å²) in [5.74, 6) is -0.969. The molecule has 0 aliphatic carbocycles. The number of ether oxygens (including phenoxy) is 1. The Balaban J connectivity index is 1.70. The van der Waals surface area contributed by atoms with Gasteiger partial charge in [-0.1, -0.05) is 60.7 Å². The summed E-state index contributed by atoms with van der Waals surface area (Å²) in [6.07, 6.45) is 3.22. The summed E-state index contributed by atoms with van der Waals surface area (Å²) in [6, 6.07) is 23.2. The summed E-state index contributed by atoms with van der Waals surface area (Å²) in [5.41, 5.74) is 2.01. The molecule has 1 N–H and O–H groups in total. The summed E-state index contributed by atoms with van der Waals surface area (Å²) < 4.78 is 5.46. The van der Waals surface area contributed by atoms with Crippen LogP contribution in [0.1, 0.15) is 22.7 Å². The van der Waals surface area contributed by atoms with E-state index in [0.717, 1.165) is 16.3 Å². The van der Waals surface area contributed by atoms with Crippen LogP contribution in [-0.2, 0) is 16.1 Å². The van der Waals surface area contributed by atoms with Gasteiger partial charge in [0.1, 0.15) is 11.5 Å². The molecule has 6 heteroatoms. The molecule has 1 aromatic heterocycles. The van der Waals surface area contributed by atoms with Crippen molar-refractivity contribution in [2.45, 2.75) is 12.6 Å². The van der Waals surface area contributed by atoms with E-state index in [-0.39, 0.29) is 17.9 Å². The van der Waals surface area contributed by atoms with Gasteiger partial charge in [-0.3, -0.25) is 14.6 Å². The molecule has 1 saturated heterocycles. The second kappa shape index (κ2) is 8.83. The molecule has 1 aliphatic heterocycles. The molecular formula is C28H22N2O4. The molecule has 0 spiro atoms. The fourth-order valence-electron chi connectivity index (χ4n) is 4.53. The number of nitrogens with zero attached hydrogens (tertiary/aromatic N) is 2. The molecule has 3 aromatic carbocycles. The topological polar surface area (TPSA) is 79.7 Å². The average molecular weight is 450 g/mol. The van der Waals surface area contributed by atoms with Crippen LogP contribution in [0.15, 0.2) is 96.8 Å². The van der Waals surface area contributed by atoms with Crippen molar-refractivity contribution in [1.29, 1.82) is 0 Å². The van der Waals surface area contributed by atoms with Gasteiger partial charge in [0.2, 0.25) is 0 Å². The average Bonchev–Trinajstić information content (AvgIpc) is 3.13. The maximum Gasteiger partial charge on any atom is 0.295 e. The lowest BCUT2D eigenvalue weighted by atomic mass is 9.93. The van der Waals surface area contributed by atoms with E-state index < -0.39 is 17.7 Å². The third kappa shape index (κ3) is 3.59. The van der Waals surface area contributed by atoms with Crippen molar-refractivity contribution in [1.82, 2.24) is 9.88 Å². The van der Waals surface area contributed by atoms with Gasteiger partial charge in [-0.2, -0.15) is 0 Å². The minimum Gasteiger partial charge on any atom is -0.507 e. The first-order valence-corrected chi connectivity index (χ1v) is 10.9. The second-order valence-electron chi connectivity index (χ2n) is 8.05. The number of hydrogen-bond donors (Lipinski definition) is 1. The molecular weight excluding hydrogens is 428 g/mol. The summed E-state index contributed by atoms with van der Waals surface area (Å²) in [4.78, 5) is 32.2. The third-order valence-electron chi connectivity index (χ3n) is 6.14. The third-order valence-corrected chi connectivity index (χ3v) is 6.14. The van der Waals surface area contributed by atoms with Crippen LogP contribution >= 0.6 is 0 Å². The molecule has 34 heavy (non-hydrogen) atoms. The molecule has 1 unspecified atom stereocenters. The number of aromatic nitrogens is 1. The number of methoxy groups -OCH3 is 1. The molecule has 0 bridgehead atoms. The summed E-state index contributed by atoms with van der Waals surface area (Å²) >= 11 is 0. The number of amides is 1. The molecule has 5 rings (SSSR count). The number of Topliss-reactive ketones (excluding diaryl/α,β-unsaturated/α-hetero) is 1. The van der Waals surface area contributed by atoms with E-state index in [2.05, 4.69) is 4.98 Å². The highest BCUT2D eigenvalue weighted by molar-refractivity contribution is 6.46. The SMILES string of the molecule is COc1ccccc1CN1C(=O)C(=O)/C(=C(\O)c2cccc3ccccc23)C1c1ccncc1. The Bertz CT molecular complexity index is 1420. The molecule has 4 aromatic rings. The molecule has 6 nitrogen and oxygen atoms in total. The van der Waals surface area contributed by atoms with E-state index in [0.29, 0.717) is 16.9 Å².